The van der Waals surface area contributed by atoms with E-state index in [9.17, 15) is 4.79 Å². The fourth-order valence-corrected chi connectivity index (χ4v) is 4.43. The molecular formula is C18H21N3OS. The molecule has 2 aliphatic heterocycles. The molecule has 2 aromatic rings. The zero-order chi connectivity index (χ0) is 15.6. The van der Waals surface area contributed by atoms with Gasteiger partial charge in [0.25, 0.3) is 0 Å². The van der Waals surface area contributed by atoms with Crippen LogP contribution < -0.4 is 5.32 Å². The van der Waals surface area contributed by atoms with E-state index in [4.69, 9.17) is 0 Å². The van der Waals surface area contributed by atoms with Crippen molar-refractivity contribution < 1.29 is 4.79 Å². The Hall–Kier alpha value is -1.85. The summed E-state index contributed by atoms with van der Waals surface area (Å²) in [5.74, 6) is 0. The van der Waals surface area contributed by atoms with Gasteiger partial charge in [-0.1, -0.05) is 30.4 Å². The van der Waals surface area contributed by atoms with Crippen molar-refractivity contribution in [3.63, 3.8) is 0 Å². The van der Waals surface area contributed by atoms with Crippen LogP contribution in [0.15, 0.2) is 41.8 Å². The predicted octanol–water partition coefficient (Wildman–Crippen LogP) is 3.06. The lowest BCUT2D eigenvalue weighted by molar-refractivity contribution is 0.199. The van der Waals surface area contributed by atoms with Crippen molar-refractivity contribution in [2.24, 2.45) is 0 Å². The van der Waals surface area contributed by atoms with Crippen molar-refractivity contribution in [1.29, 1.82) is 0 Å². The van der Waals surface area contributed by atoms with Crippen molar-refractivity contribution in [3.05, 3.63) is 47.4 Å². The van der Waals surface area contributed by atoms with Crippen molar-refractivity contribution in [2.75, 3.05) is 26.2 Å². The average Bonchev–Trinajstić information content (AvgIpc) is 3.31. The molecule has 4 rings (SSSR count). The molecule has 1 atom stereocenters. The van der Waals surface area contributed by atoms with Gasteiger partial charge in [0.1, 0.15) is 0 Å². The van der Waals surface area contributed by atoms with E-state index in [0.29, 0.717) is 12.6 Å². The quantitative estimate of drug-likeness (QED) is 0.880. The van der Waals surface area contributed by atoms with Gasteiger partial charge in [-0.05, 0) is 28.8 Å². The molecule has 2 amide bonds. The van der Waals surface area contributed by atoms with Crippen molar-refractivity contribution in [2.45, 2.75) is 19.0 Å². The van der Waals surface area contributed by atoms with Crippen molar-refractivity contribution >= 4 is 27.5 Å². The molecule has 23 heavy (non-hydrogen) atoms. The summed E-state index contributed by atoms with van der Waals surface area (Å²) in [6.45, 7) is 4.37. The first-order chi connectivity index (χ1) is 11.3. The number of urea groups is 1. The van der Waals surface area contributed by atoms with E-state index in [1.54, 1.807) is 11.3 Å². The third-order valence-corrected chi connectivity index (χ3v) is 5.82. The van der Waals surface area contributed by atoms with Crippen LogP contribution in [0, 0.1) is 0 Å². The van der Waals surface area contributed by atoms with Crippen LogP contribution in [0.2, 0.25) is 0 Å². The zero-order valence-electron chi connectivity index (χ0n) is 13.1. The number of nitrogens with one attached hydrogen (secondary N) is 1. The second-order valence-electron chi connectivity index (χ2n) is 6.23. The fourth-order valence-electron chi connectivity index (χ4n) is 3.47. The third-order valence-electron chi connectivity index (χ3n) is 4.80. The van der Waals surface area contributed by atoms with Crippen LogP contribution in [0.3, 0.4) is 0 Å². The standard InChI is InChI=1S/C18H21N3OS/c22-18(21-10-7-15(12-21)20-8-3-4-9-20)19-11-14-13-23-17-6-2-1-5-16(14)17/h1-6,13,15H,7-12H2,(H,19,22). The van der Waals surface area contributed by atoms with Gasteiger partial charge in [-0.15, -0.1) is 11.3 Å². The molecule has 5 heteroatoms. The van der Waals surface area contributed by atoms with E-state index in [1.807, 2.05) is 4.90 Å². The van der Waals surface area contributed by atoms with Gasteiger partial charge in [0.15, 0.2) is 0 Å². The molecule has 1 fully saturated rings. The highest BCUT2D eigenvalue weighted by Gasteiger charge is 2.30. The van der Waals surface area contributed by atoms with Crippen LogP contribution >= 0.6 is 11.3 Å². The molecule has 0 bridgehead atoms. The zero-order valence-corrected chi connectivity index (χ0v) is 13.9. The molecule has 2 aliphatic rings. The van der Waals surface area contributed by atoms with Gasteiger partial charge in [-0.25, -0.2) is 4.79 Å². The first-order valence-electron chi connectivity index (χ1n) is 8.18. The Kier molecular flexibility index (Phi) is 4.06. The Morgan fingerprint density at radius 2 is 2.09 bits per heavy atom. The number of thiophene rings is 1. The van der Waals surface area contributed by atoms with Crippen LogP contribution in [0.4, 0.5) is 4.79 Å². The summed E-state index contributed by atoms with van der Waals surface area (Å²) in [6.07, 6.45) is 5.51. The van der Waals surface area contributed by atoms with E-state index in [-0.39, 0.29) is 6.03 Å². The summed E-state index contributed by atoms with van der Waals surface area (Å²) >= 11 is 1.74. The molecule has 1 aromatic heterocycles. The van der Waals surface area contributed by atoms with Gasteiger partial charge in [-0.2, -0.15) is 0 Å². The third kappa shape index (κ3) is 2.99. The van der Waals surface area contributed by atoms with E-state index in [1.165, 1.54) is 15.6 Å². The van der Waals surface area contributed by atoms with Crippen LogP contribution in [-0.4, -0.2) is 48.1 Å². The molecule has 0 saturated carbocycles. The highest BCUT2D eigenvalue weighted by molar-refractivity contribution is 7.17. The van der Waals surface area contributed by atoms with Crippen molar-refractivity contribution in [1.82, 2.24) is 15.1 Å². The summed E-state index contributed by atoms with van der Waals surface area (Å²) < 4.78 is 1.28. The van der Waals surface area contributed by atoms with Crippen molar-refractivity contribution in [3.8, 4) is 0 Å². The number of carbonyl (C=O) groups excluding carboxylic acids is 1. The Morgan fingerprint density at radius 3 is 2.96 bits per heavy atom. The summed E-state index contributed by atoms with van der Waals surface area (Å²) in [6, 6.07) is 8.93. The van der Waals surface area contributed by atoms with E-state index < -0.39 is 0 Å². The first-order valence-corrected chi connectivity index (χ1v) is 9.06. The minimum atomic E-state index is 0.0648. The number of fused-ring (bicyclic) bond motifs is 1. The van der Waals surface area contributed by atoms with Crippen LogP contribution in [0.25, 0.3) is 10.1 Å². The fraction of sp³-hybridized carbons (Fsp3) is 0.389. The number of carbonyl (C=O) groups is 1. The number of nitrogens with zero attached hydrogens (tertiary/aromatic N) is 2. The van der Waals surface area contributed by atoms with Crippen LogP contribution in [0.1, 0.15) is 12.0 Å². The maximum absolute atomic E-state index is 12.4. The highest BCUT2D eigenvalue weighted by Crippen LogP contribution is 2.25. The second kappa shape index (κ2) is 6.34. The maximum Gasteiger partial charge on any atom is 0.317 e. The minimum Gasteiger partial charge on any atom is -0.334 e. The molecule has 0 radical (unpaired) electrons. The number of amides is 2. The lowest BCUT2D eigenvalue weighted by Crippen LogP contribution is -2.41. The van der Waals surface area contributed by atoms with E-state index in [2.05, 4.69) is 52.0 Å². The molecule has 0 aliphatic carbocycles. The normalized spacial score (nSPS) is 21.4. The molecule has 3 heterocycles. The number of likely N-dealkylation sites (tertiary alicyclic amines) is 1. The van der Waals surface area contributed by atoms with Crippen LogP contribution in [-0.2, 0) is 6.54 Å². The first kappa shape index (κ1) is 14.7. The number of hydrogen-bond acceptors (Lipinski definition) is 3. The lowest BCUT2D eigenvalue weighted by atomic mass is 10.2. The minimum absolute atomic E-state index is 0.0648. The molecule has 4 nitrogen and oxygen atoms in total. The Balaban J connectivity index is 1.33. The molecule has 0 spiro atoms. The predicted molar refractivity (Wildman–Crippen MR) is 94.8 cm³/mol. The SMILES string of the molecule is O=C(NCc1csc2ccccc12)N1CCC(N2CC=CC2)C1. The average molecular weight is 327 g/mol. The van der Waals surface area contributed by atoms with Gasteiger partial charge in [-0.3, -0.25) is 4.90 Å². The molecule has 1 unspecified atom stereocenters. The highest BCUT2D eigenvalue weighted by atomic mass is 32.1. The summed E-state index contributed by atoms with van der Waals surface area (Å²) in [7, 11) is 0. The largest absolute Gasteiger partial charge is 0.334 e. The maximum atomic E-state index is 12.4. The van der Waals surface area contributed by atoms with Crippen LogP contribution in [0.5, 0.6) is 0 Å². The van der Waals surface area contributed by atoms with Gasteiger partial charge in [0.05, 0.1) is 0 Å². The lowest BCUT2D eigenvalue weighted by Gasteiger charge is -2.23. The molecule has 120 valence electrons. The topological polar surface area (TPSA) is 35.6 Å². The number of hydrogen-bond donors (Lipinski definition) is 1. The summed E-state index contributed by atoms with van der Waals surface area (Å²) in [4.78, 5) is 16.8. The second-order valence-corrected chi connectivity index (χ2v) is 7.14. The Morgan fingerprint density at radius 1 is 1.26 bits per heavy atom. The summed E-state index contributed by atoms with van der Waals surface area (Å²) in [5.41, 5.74) is 1.21. The van der Waals surface area contributed by atoms with E-state index in [0.717, 1.165) is 32.6 Å². The number of rotatable bonds is 3. The van der Waals surface area contributed by atoms with Gasteiger partial charge < -0.3 is 10.2 Å². The van der Waals surface area contributed by atoms with Gasteiger partial charge >= 0.3 is 6.03 Å². The van der Waals surface area contributed by atoms with Gasteiger partial charge in [0.2, 0.25) is 0 Å². The molecule has 1 saturated heterocycles. The Bertz CT molecular complexity index is 731. The molecule has 1 N–H and O–H groups in total. The van der Waals surface area contributed by atoms with E-state index >= 15 is 0 Å². The van der Waals surface area contributed by atoms with Gasteiger partial charge in [0, 0.05) is 43.5 Å². The molecule has 1 aromatic carbocycles. The monoisotopic (exact) mass is 327 g/mol. The number of benzene rings is 1. The smallest absolute Gasteiger partial charge is 0.317 e. The summed E-state index contributed by atoms with van der Waals surface area (Å²) in [5, 5.41) is 6.49. The molecular weight excluding hydrogens is 306 g/mol. The Labute approximate surface area is 140 Å².